The summed E-state index contributed by atoms with van der Waals surface area (Å²) < 4.78 is 5.61. The van der Waals surface area contributed by atoms with Crippen LogP contribution in [0.3, 0.4) is 0 Å². The highest BCUT2D eigenvalue weighted by atomic mass is 16.5. The van der Waals surface area contributed by atoms with Crippen LogP contribution in [0.2, 0.25) is 0 Å². The minimum atomic E-state index is 0.156. The van der Waals surface area contributed by atoms with E-state index in [2.05, 4.69) is 10.2 Å². The molecule has 1 aliphatic heterocycles. The molecule has 0 aromatic heterocycles. The fourth-order valence-corrected chi connectivity index (χ4v) is 2.46. The molecule has 116 valence electrons. The molecule has 0 spiro atoms. The lowest BCUT2D eigenvalue weighted by molar-refractivity contribution is -0.131. The fourth-order valence-electron chi connectivity index (χ4n) is 2.46. The van der Waals surface area contributed by atoms with E-state index in [9.17, 15) is 4.79 Å². The summed E-state index contributed by atoms with van der Waals surface area (Å²) in [6.45, 7) is 7.49. The third kappa shape index (κ3) is 4.72. The molecule has 1 aromatic rings. The number of rotatable bonds is 6. The Morgan fingerprint density at radius 1 is 1.33 bits per heavy atom. The van der Waals surface area contributed by atoms with Gasteiger partial charge in [-0.05, 0) is 13.0 Å². The van der Waals surface area contributed by atoms with Crippen molar-refractivity contribution >= 4 is 5.91 Å². The van der Waals surface area contributed by atoms with Crippen molar-refractivity contribution < 1.29 is 9.53 Å². The second-order valence-corrected chi connectivity index (χ2v) is 5.32. The summed E-state index contributed by atoms with van der Waals surface area (Å²) in [5, 5.41) is 3.30. The van der Waals surface area contributed by atoms with Crippen molar-refractivity contribution in [3.05, 3.63) is 29.8 Å². The molecule has 1 amide bonds. The summed E-state index contributed by atoms with van der Waals surface area (Å²) in [6, 6.07) is 7.90. The van der Waals surface area contributed by atoms with E-state index < -0.39 is 0 Å². The monoisotopic (exact) mass is 291 g/mol. The number of carbonyl (C=O) groups is 1. The second-order valence-electron chi connectivity index (χ2n) is 5.32. The molecule has 1 aromatic carbocycles. The average Bonchev–Trinajstić information content (AvgIpc) is 2.50. The van der Waals surface area contributed by atoms with Crippen molar-refractivity contribution in [3.8, 4) is 5.75 Å². The highest BCUT2D eigenvalue weighted by Crippen LogP contribution is 2.19. The molecule has 1 fully saturated rings. The van der Waals surface area contributed by atoms with Gasteiger partial charge in [0.15, 0.2) is 0 Å². The number of hydrogen-bond acceptors (Lipinski definition) is 4. The van der Waals surface area contributed by atoms with Crippen LogP contribution >= 0.6 is 0 Å². The number of benzene rings is 1. The van der Waals surface area contributed by atoms with Crippen molar-refractivity contribution in [1.29, 1.82) is 0 Å². The smallest absolute Gasteiger partial charge is 0.236 e. The van der Waals surface area contributed by atoms with Gasteiger partial charge >= 0.3 is 0 Å². The fraction of sp³-hybridized carbons (Fsp3) is 0.562. The summed E-state index contributed by atoms with van der Waals surface area (Å²) in [5.74, 6) is 1.02. The maximum Gasteiger partial charge on any atom is 0.236 e. The molecule has 0 bridgehead atoms. The van der Waals surface area contributed by atoms with Gasteiger partial charge in [0.2, 0.25) is 5.91 Å². The Labute approximate surface area is 126 Å². The standard InChI is InChI=1S/C16H25N3O2/c1-3-21-15-7-5-4-6-14(15)12-18(2)16(20)13-19-10-8-17-9-11-19/h4-7,17H,3,8-13H2,1-2H3. The largest absolute Gasteiger partial charge is 0.494 e. The summed E-state index contributed by atoms with van der Waals surface area (Å²) >= 11 is 0. The number of nitrogens with one attached hydrogen (secondary N) is 1. The second kappa shape index (κ2) is 8.00. The van der Waals surface area contributed by atoms with Crippen LogP contribution in [-0.4, -0.2) is 62.1 Å². The maximum atomic E-state index is 12.3. The van der Waals surface area contributed by atoms with Crippen molar-refractivity contribution in [2.75, 3.05) is 46.4 Å². The molecule has 5 heteroatoms. The van der Waals surface area contributed by atoms with Crippen LogP contribution in [0.5, 0.6) is 5.75 Å². The third-order valence-electron chi connectivity index (χ3n) is 3.67. The Morgan fingerprint density at radius 2 is 2.05 bits per heavy atom. The van der Waals surface area contributed by atoms with Crippen LogP contribution in [0, 0.1) is 0 Å². The molecular formula is C16H25N3O2. The van der Waals surface area contributed by atoms with Gasteiger partial charge in [-0.1, -0.05) is 18.2 Å². The summed E-state index contributed by atoms with van der Waals surface area (Å²) in [4.78, 5) is 16.3. The van der Waals surface area contributed by atoms with Gasteiger partial charge in [0.05, 0.1) is 13.2 Å². The Hall–Kier alpha value is -1.59. The predicted molar refractivity (Wildman–Crippen MR) is 83.4 cm³/mol. The maximum absolute atomic E-state index is 12.3. The number of hydrogen-bond donors (Lipinski definition) is 1. The van der Waals surface area contributed by atoms with Gasteiger partial charge in [-0.25, -0.2) is 0 Å². The first-order chi connectivity index (χ1) is 10.2. The van der Waals surface area contributed by atoms with Gasteiger partial charge in [0.25, 0.3) is 0 Å². The first-order valence-corrected chi connectivity index (χ1v) is 7.58. The van der Waals surface area contributed by atoms with Crippen LogP contribution in [-0.2, 0) is 11.3 Å². The van der Waals surface area contributed by atoms with Crippen LogP contribution in [0.1, 0.15) is 12.5 Å². The topological polar surface area (TPSA) is 44.8 Å². The van der Waals surface area contributed by atoms with Gasteiger partial charge in [0.1, 0.15) is 5.75 Å². The molecule has 1 N–H and O–H groups in total. The van der Waals surface area contributed by atoms with Crippen LogP contribution < -0.4 is 10.1 Å². The molecule has 5 nitrogen and oxygen atoms in total. The van der Waals surface area contributed by atoms with Crippen LogP contribution in [0.15, 0.2) is 24.3 Å². The van der Waals surface area contributed by atoms with E-state index >= 15 is 0 Å². The Kier molecular flexibility index (Phi) is 6.02. The molecule has 1 saturated heterocycles. The van der Waals surface area contributed by atoms with E-state index in [-0.39, 0.29) is 5.91 Å². The molecule has 2 rings (SSSR count). The predicted octanol–water partition coefficient (Wildman–Crippen LogP) is 0.949. The van der Waals surface area contributed by atoms with E-state index in [0.717, 1.165) is 37.5 Å². The van der Waals surface area contributed by atoms with Gasteiger partial charge < -0.3 is 15.0 Å². The summed E-state index contributed by atoms with van der Waals surface area (Å²) in [6.07, 6.45) is 0. The van der Waals surface area contributed by atoms with Crippen LogP contribution in [0.4, 0.5) is 0 Å². The Morgan fingerprint density at radius 3 is 2.76 bits per heavy atom. The number of para-hydroxylation sites is 1. The number of carbonyl (C=O) groups excluding carboxylic acids is 1. The molecule has 1 heterocycles. The Balaban J connectivity index is 1.90. The van der Waals surface area contributed by atoms with Gasteiger partial charge in [0, 0.05) is 45.3 Å². The zero-order valence-corrected chi connectivity index (χ0v) is 13.0. The lowest BCUT2D eigenvalue weighted by Gasteiger charge is -2.28. The quantitative estimate of drug-likeness (QED) is 0.847. The van der Waals surface area contributed by atoms with Crippen molar-refractivity contribution in [2.45, 2.75) is 13.5 Å². The minimum Gasteiger partial charge on any atom is -0.494 e. The lowest BCUT2D eigenvalue weighted by atomic mass is 10.2. The van der Waals surface area contributed by atoms with E-state index in [1.54, 1.807) is 4.90 Å². The molecule has 0 atom stereocenters. The number of nitrogens with zero attached hydrogens (tertiary/aromatic N) is 2. The summed E-state index contributed by atoms with van der Waals surface area (Å²) in [7, 11) is 1.85. The average molecular weight is 291 g/mol. The molecule has 0 saturated carbocycles. The highest BCUT2D eigenvalue weighted by Gasteiger charge is 2.17. The zero-order valence-electron chi connectivity index (χ0n) is 13.0. The van der Waals surface area contributed by atoms with E-state index in [1.807, 2.05) is 38.2 Å². The number of likely N-dealkylation sites (N-methyl/N-ethyl adjacent to an activating group) is 1. The third-order valence-corrected chi connectivity index (χ3v) is 3.67. The molecule has 0 unspecified atom stereocenters. The van der Waals surface area contributed by atoms with Crippen molar-refractivity contribution in [2.24, 2.45) is 0 Å². The summed E-state index contributed by atoms with van der Waals surface area (Å²) in [5.41, 5.74) is 1.05. The van der Waals surface area contributed by atoms with Crippen molar-refractivity contribution in [1.82, 2.24) is 15.1 Å². The number of amides is 1. The minimum absolute atomic E-state index is 0.156. The van der Waals surface area contributed by atoms with Gasteiger partial charge in [-0.3, -0.25) is 9.69 Å². The van der Waals surface area contributed by atoms with E-state index in [0.29, 0.717) is 19.7 Å². The molecule has 21 heavy (non-hydrogen) atoms. The first-order valence-electron chi connectivity index (χ1n) is 7.58. The van der Waals surface area contributed by atoms with E-state index in [1.165, 1.54) is 0 Å². The highest BCUT2D eigenvalue weighted by molar-refractivity contribution is 5.78. The lowest BCUT2D eigenvalue weighted by Crippen LogP contribution is -2.47. The first kappa shape index (κ1) is 15.8. The number of piperazine rings is 1. The van der Waals surface area contributed by atoms with Gasteiger partial charge in [-0.15, -0.1) is 0 Å². The molecule has 1 aliphatic rings. The van der Waals surface area contributed by atoms with E-state index in [4.69, 9.17) is 4.74 Å². The van der Waals surface area contributed by atoms with Crippen molar-refractivity contribution in [3.63, 3.8) is 0 Å². The van der Waals surface area contributed by atoms with Crippen LogP contribution in [0.25, 0.3) is 0 Å². The number of ether oxygens (including phenoxy) is 1. The Bertz CT molecular complexity index is 459. The van der Waals surface area contributed by atoms with Gasteiger partial charge in [-0.2, -0.15) is 0 Å². The zero-order chi connectivity index (χ0) is 15.1. The molecule has 0 aliphatic carbocycles. The normalized spacial score (nSPS) is 15.7. The molecule has 0 radical (unpaired) electrons. The SMILES string of the molecule is CCOc1ccccc1CN(C)C(=O)CN1CCNCC1. The molecular weight excluding hydrogens is 266 g/mol.